The number of carboxylic acids is 1. The first kappa shape index (κ1) is 12.1. The maximum absolute atomic E-state index is 10.7. The predicted molar refractivity (Wildman–Crippen MR) is 63.7 cm³/mol. The fraction of sp³-hybridized carbons (Fsp3) is 0.667. The molecule has 2 rings (SSSR count). The van der Waals surface area contributed by atoms with Crippen molar-refractivity contribution in [2.75, 3.05) is 0 Å². The molecule has 5 heteroatoms. The summed E-state index contributed by atoms with van der Waals surface area (Å²) in [5.74, 6) is -0.975. The van der Waals surface area contributed by atoms with Gasteiger partial charge in [0.1, 0.15) is 6.04 Å². The van der Waals surface area contributed by atoms with Crippen LogP contribution < -0.4 is 5.73 Å². The molecule has 5 nitrogen and oxygen atoms in total. The molecule has 1 aromatic heterocycles. The highest BCUT2D eigenvalue weighted by molar-refractivity contribution is 5.73. The highest BCUT2D eigenvalue weighted by atomic mass is 16.4. The zero-order chi connectivity index (χ0) is 12.3. The summed E-state index contributed by atoms with van der Waals surface area (Å²) in [4.78, 5) is 10.7. The van der Waals surface area contributed by atoms with Crippen LogP contribution in [0.15, 0.2) is 12.3 Å². The zero-order valence-electron chi connectivity index (χ0n) is 9.88. The van der Waals surface area contributed by atoms with Crippen molar-refractivity contribution in [1.29, 1.82) is 0 Å². The second-order valence-electron chi connectivity index (χ2n) is 4.73. The summed E-state index contributed by atoms with van der Waals surface area (Å²) in [5, 5.41) is 13.2. The van der Waals surface area contributed by atoms with E-state index in [1.165, 1.54) is 32.1 Å². The SMILES string of the molecule is NC(Cc1ccn(C2CCCCC2)n1)C(=O)O. The second-order valence-corrected chi connectivity index (χ2v) is 4.73. The number of carboxylic acid groups (broad SMARTS) is 1. The molecule has 0 radical (unpaired) electrons. The summed E-state index contributed by atoms with van der Waals surface area (Å²) >= 11 is 0. The summed E-state index contributed by atoms with van der Waals surface area (Å²) in [6, 6.07) is 1.50. The fourth-order valence-corrected chi connectivity index (χ4v) is 2.35. The Morgan fingerprint density at radius 3 is 2.88 bits per heavy atom. The Labute approximate surface area is 101 Å². The van der Waals surface area contributed by atoms with E-state index in [1.54, 1.807) is 0 Å². The van der Waals surface area contributed by atoms with Gasteiger partial charge in [0.15, 0.2) is 0 Å². The lowest BCUT2D eigenvalue weighted by molar-refractivity contribution is -0.138. The monoisotopic (exact) mass is 237 g/mol. The molecule has 1 aromatic rings. The van der Waals surface area contributed by atoms with Crippen LogP contribution in [0, 0.1) is 0 Å². The van der Waals surface area contributed by atoms with Gasteiger partial charge in [0, 0.05) is 12.6 Å². The maximum atomic E-state index is 10.7. The Hall–Kier alpha value is -1.36. The van der Waals surface area contributed by atoms with Gasteiger partial charge in [-0.15, -0.1) is 0 Å². The van der Waals surface area contributed by atoms with Crippen LogP contribution >= 0.6 is 0 Å². The highest BCUT2D eigenvalue weighted by Gasteiger charge is 2.18. The Bertz CT molecular complexity index is 383. The third-order valence-electron chi connectivity index (χ3n) is 3.36. The summed E-state index contributed by atoms with van der Waals surface area (Å²) in [5.41, 5.74) is 6.26. The number of nitrogens with two attached hydrogens (primary N) is 1. The molecule has 17 heavy (non-hydrogen) atoms. The first-order chi connectivity index (χ1) is 8.16. The van der Waals surface area contributed by atoms with Crippen LogP contribution in [0.4, 0.5) is 0 Å². The molecule has 0 aliphatic heterocycles. The number of aromatic nitrogens is 2. The largest absolute Gasteiger partial charge is 0.480 e. The molecule has 94 valence electrons. The van der Waals surface area contributed by atoms with Crippen molar-refractivity contribution in [3.05, 3.63) is 18.0 Å². The molecule has 0 spiro atoms. The number of nitrogens with zero attached hydrogens (tertiary/aromatic N) is 2. The predicted octanol–water partition coefficient (Wildman–Crippen LogP) is 1.34. The topological polar surface area (TPSA) is 81.1 Å². The smallest absolute Gasteiger partial charge is 0.320 e. The van der Waals surface area contributed by atoms with Crippen molar-refractivity contribution in [2.24, 2.45) is 5.73 Å². The molecule has 0 saturated heterocycles. The van der Waals surface area contributed by atoms with Gasteiger partial charge in [-0.1, -0.05) is 19.3 Å². The van der Waals surface area contributed by atoms with E-state index < -0.39 is 12.0 Å². The van der Waals surface area contributed by atoms with Crippen LogP contribution in [0.5, 0.6) is 0 Å². The Morgan fingerprint density at radius 2 is 2.24 bits per heavy atom. The average Bonchev–Trinajstić information content (AvgIpc) is 2.78. The molecule has 0 bridgehead atoms. The first-order valence-corrected chi connectivity index (χ1v) is 6.19. The van der Waals surface area contributed by atoms with Gasteiger partial charge in [-0.05, 0) is 18.9 Å². The van der Waals surface area contributed by atoms with Crippen molar-refractivity contribution >= 4 is 5.97 Å². The molecule has 1 aliphatic carbocycles. The van der Waals surface area contributed by atoms with Crippen molar-refractivity contribution in [1.82, 2.24) is 9.78 Å². The highest BCUT2D eigenvalue weighted by Crippen LogP contribution is 2.27. The van der Waals surface area contributed by atoms with E-state index in [-0.39, 0.29) is 0 Å². The summed E-state index contributed by atoms with van der Waals surface area (Å²) in [6.45, 7) is 0. The van der Waals surface area contributed by atoms with Gasteiger partial charge in [0.25, 0.3) is 0 Å². The quantitative estimate of drug-likeness (QED) is 0.828. The number of aliphatic carboxylic acids is 1. The van der Waals surface area contributed by atoms with Crippen LogP contribution in [0.25, 0.3) is 0 Å². The Morgan fingerprint density at radius 1 is 1.53 bits per heavy atom. The molecule has 1 aliphatic rings. The molecular formula is C12H19N3O2. The first-order valence-electron chi connectivity index (χ1n) is 6.19. The maximum Gasteiger partial charge on any atom is 0.320 e. The van der Waals surface area contributed by atoms with Crippen molar-refractivity contribution in [3.63, 3.8) is 0 Å². The van der Waals surface area contributed by atoms with Crippen LogP contribution in [0.2, 0.25) is 0 Å². The second kappa shape index (κ2) is 5.31. The summed E-state index contributed by atoms with van der Waals surface area (Å²) in [6.07, 6.45) is 8.42. The molecule has 0 aromatic carbocycles. The number of rotatable bonds is 4. The Balaban J connectivity index is 1.97. The fourth-order valence-electron chi connectivity index (χ4n) is 2.35. The zero-order valence-corrected chi connectivity index (χ0v) is 9.88. The molecule has 1 atom stereocenters. The third-order valence-corrected chi connectivity index (χ3v) is 3.36. The summed E-state index contributed by atoms with van der Waals surface area (Å²) < 4.78 is 1.98. The molecular weight excluding hydrogens is 218 g/mol. The van der Waals surface area contributed by atoms with Gasteiger partial charge in [-0.3, -0.25) is 9.48 Å². The molecule has 0 amide bonds. The Kier molecular flexibility index (Phi) is 3.78. The molecule has 1 heterocycles. The van der Waals surface area contributed by atoms with E-state index in [4.69, 9.17) is 10.8 Å². The van der Waals surface area contributed by atoms with E-state index >= 15 is 0 Å². The lowest BCUT2D eigenvalue weighted by atomic mass is 9.96. The standard InChI is InChI=1S/C12H19N3O2/c13-11(12(16)17)8-9-6-7-15(14-9)10-4-2-1-3-5-10/h6-7,10-11H,1-5,8,13H2,(H,16,17). The summed E-state index contributed by atoms with van der Waals surface area (Å²) in [7, 11) is 0. The van der Waals surface area contributed by atoms with Gasteiger partial charge >= 0.3 is 5.97 Å². The molecule has 3 N–H and O–H groups in total. The minimum absolute atomic E-state index is 0.301. The van der Waals surface area contributed by atoms with Crippen LogP contribution in [0.3, 0.4) is 0 Å². The van der Waals surface area contributed by atoms with Gasteiger partial charge in [-0.2, -0.15) is 5.10 Å². The molecule has 1 fully saturated rings. The minimum atomic E-state index is -0.975. The van der Waals surface area contributed by atoms with Crippen molar-refractivity contribution < 1.29 is 9.90 Å². The van der Waals surface area contributed by atoms with Gasteiger partial charge in [-0.25, -0.2) is 0 Å². The van der Waals surface area contributed by atoms with E-state index in [9.17, 15) is 4.79 Å². The van der Waals surface area contributed by atoms with Gasteiger partial charge < -0.3 is 10.8 Å². The lowest BCUT2D eigenvalue weighted by Gasteiger charge is -2.21. The van der Waals surface area contributed by atoms with E-state index in [0.29, 0.717) is 12.5 Å². The third kappa shape index (κ3) is 3.06. The van der Waals surface area contributed by atoms with E-state index in [1.807, 2.05) is 16.9 Å². The average molecular weight is 237 g/mol. The van der Waals surface area contributed by atoms with Crippen molar-refractivity contribution in [3.8, 4) is 0 Å². The van der Waals surface area contributed by atoms with Gasteiger partial charge in [0.2, 0.25) is 0 Å². The van der Waals surface area contributed by atoms with Crippen LogP contribution in [-0.4, -0.2) is 26.9 Å². The van der Waals surface area contributed by atoms with Crippen LogP contribution in [-0.2, 0) is 11.2 Å². The van der Waals surface area contributed by atoms with Crippen molar-refractivity contribution in [2.45, 2.75) is 50.6 Å². The number of hydrogen-bond acceptors (Lipinski definition) is 3. The normalized spacial score (nSPS) is 19.1. The molecule has 1 saturated carbocycles. The van der Waals surface area contributed by atoms with E-state index in [2.05, 4.69) is 5.10 Å². The molecule has 1 unspecified atom stereocenters. The minimum Gasteiger partial charge on any atom is -0.480 e. The van der Waals surface area contributed by atoms with Crippen LogP contribution in [0.1, 0.15) is 43.8 Å². The van der Waals surface area contributed by atoms with Gasteiger partial charge in [0.05, 0.1) is 11.7 Å². The number of hydrogen-bond donors (Lipinski definition) is 2. The lowest BCUT2D eigenvalue weighted by Crippen LogP contribution is -2.32. The number of carbonyl (C=O) groups is 1. The van der Waals surface area contributed by atoms with E-state index in [0.717, 1.165) is 5.69 Å².